The van der Waals surface area contributed by atoms with Gasteiger partial charge in [-0.25, -0.2) is 13.9 Å². The largest absolute Gasteiger partial charge is 0.495 e. The molecule has 0 saturated carbocycles. The van der Waals surface area contributed by atoms with Crippen molar-refractivity contribution in [2.45, 2.75) is 13.8 Å². The number of amides is 1. The lowest BCUT2D eigenvalue weighted by molar-refractivity contribution is -0.119. The maximum Gasteiger partial charge on any atom is 0.343 e. The first-order valence-corrected chi connectivity index (χ1v) is 9.79. The standard InChI is InChI=1S/C21H18Cl2FN3O4/c1-11-8-16(17(30-3)9-15(11)22)25-18(28)10-31-21(29)19-12(2)26-27(20(19)23)14-6-4-13(24)5-7-14/h4-9H,10H2,1-3H3,(H,25,28). The molecule has 0 aliphatic carbocycles. The smallest absolute Gasteiger partial charge is 0.343 e. The summed E-state index contributed by atoms with van der Waals surface area (Å²) in [7, 11) is 1.44. The maximum absolute atomic E-state index is 13.1. The molecule has 0 atom stereocenters. The second-order valence-electron chi connectivity index (χ2n) is 6.57. The van der Waals surface area contributed by atoms with Gasteiger partial charge in [0.05, 0.1) is 24.2 Å². The van der Waals surface area contributed by atoms with Crippen molar-refractivity contribution < 1.29 is 23.5 Å². The Hall–Kier alpha value is -3.10. The molecule has 1 heterocycles. The molecule has 1 N–H and O–H groups in total. The van der Waals surface area contributed by atoms with E-state index < -0.39 is 24.3 Å². The summed E-state index contributed by atoms with van der Waals surface area (Å²) in [6, 6.07) is 8.66. The van der Waals surface area contributed by atoms with Crippen LogP contribution in [0.1, 0.15) is 21.6 Å². The number of carbonyl (C=O) groups excluding carboxylic acids is 2. The van der Waals surface area contributed by atoms with Crippen molar-refractivity contribution in [3.63, 3.8) is 0 Å². The maximum atomic E-state index is 13.1. The van der Waals surface area contributed by atoms with Crippen LogP contribution in [-0.2, 0) is 9.53 Å². The van der Waals surface area contributed by atoms with Crippen LogP contribution in [0.15, 0.2) is 36.4 Å². The number of aromatic nitrogens is 2. The third kappa shape index (κ3) is 4.98. The molecule has 0 aliphatic heterocycles. The van der Waals surface area contributed by atoms with Crippen molar-refractivity contribution in [1.29, 1.82) is 0 Å². The molecule has 0 unspecified atom stereocenters. The molecule has 162 valence electrons. The number of methoxy groups -OCH3 is 1. The Bertz CT molecular complexity index is 1150. The van der Waals surface area contributed by atoms with Crippen LogP contribution in [-0.4, -0.2) is 35.4 Å². The predicted molar refractivity (Wildman–Crippen MR) is 115 cm³/mol. The third-order valence-electron chi connectivity index (χ3n) is 4.37. The minimum Gasteiger partial charge on any atom is -0.495 e. The number of carbonyl (C=O) groups is 2. The fourth-order valence-corrected chi connectivity index (χ4v) is 3.31. The summed E-state index contributed by atoms with van der Waals surface area (Å²) in [5, 5.41) is 7.29. The molecule has 31 heavy (non-hydrogen) atoms. The normalized spacial score (nSPS) is 10.6. The van der Waals surface area contributed by atoms with E-state index in [-0.39, 0.29) is 10.7 Å². The fraction of sp³-hybridized carbons (Fsp3) is 0.190. The number of aryl methyl sites for hydroxylation is 2. The Morgan fingerprint density at radius 1 is 1.16 bits per heavy atom. The molecule has 0 spiro atoms. The van der Waals surface area contributed by atoms with Gasteiger partial charge in [-0.3, -0.25) is 4.79 Å². The van der Waals surface area contributed by atoms with Gasteiger partial charge in [-0.2, -0.15) is 5.10 Å². The second kappa shape index (κ2) is 9.36. The number of ether oxygens (including phenoxy) is 2. The summed E-state index contributed by atoms with van der Waals surface area (Å²) >= 11 is 12.3. The van der Waals surface area contributed by atoms with E-state index in [0.717, 1.165) is 5.56 Å². The molecule has 0 radical (unpaired) electrons. The fourth-order valence-electron chi connectivity index (χ4n) is 2.80. The van der Waals surface area contributed by atoms with Crippen LogP contribution < -0.4 is 10.1 Å². The minimum absolute atomic E-state index is 0.00971. The van der Waals surface area contributed by atoms with Crippen LogP contribution in [0.5, 0.6) is 5.75 Å². The molecule has 3 aromatic rings. The topological polar surface area (TPSA) is 82.4 Å². The molecular formula is C21H18Cl2FN3O4. The summed E-state index contributed by atoms with van der Waals surface area (Å²) < 4.78 is 24.7. The summed E-state index contributed by atoms with van der Waals surface area (Å²) in [5.41, 5.74) is 1.92. The molecule has 0 fully saturated rings. The van der Waals surface area contributed by atoms with Crippen LogP contribution in [0.4, 0.5) is 10.1 Å². The zero-order valence-corrected chi connectivity index (χ0v) is 18.3. The molecule has 1 amide bonds. The van der Waals surface area contributed by atoms with Gasteiger partial charge in [0.1, 0.15) is 22.3 Å². The Morgan fingerprint density at radius 2 is 1.84 bits per heavy atom. The van der Waals surface area contributed by atoms with Gasteiger partial charge in [0, 0.05) is 11.1 Å². The van der Waals surface area contributed by atoms with Crippen molar-refractivity contribution in [3.05, 3.63) is 69.2 Å². The molecule has 0 bridgehead atoms. The molecule has 10 heteroatoms. The van der Waals surface area contributed by atoms with E-state index in [1.54, 1.807) is 26.0 Å². The lowest BCUT2D eigenvalue weighted by Gasteiger charge is -2.12. The average Bonchev–Trinajstić information content (AvgIpc) is 3.03. The average molecular weight is 466 g/mol. The van der Waals surface area contributed by atoms with Crippen molar-refractivity contribution in [1.82, 2.24) is 9.78 Å². The summed E-state index contributed by atoms with van der Waals surface area (Å²) in [4.78, 5) is 24.8. The Kier molecular flexibility index (Phi) is 6.82. The highest BCUT2D eigenvalue weighted by molar-refractivity contribution is 6.33. The number of nitrogens with one attached hydrogen (secondary N) is 1. The first kappa shape index (κ1) is 22.6. The van der Waals surface area contributed by atoms with E-state index in [4.69, 9.17) is 32.7 Å². The first-order valence-electron chi connectivity index (χ1n) is 9.03. The van der Waals surface area contributed by atoms with Gasteiger partial charge in [-0.15, -0.1) is 0 Å². The number of benzene rings is 2. The van der Waals surface area contributed by atoms with Gasteiger partial charge in [-0.05, 0) is 49.7 Å². The molecule has 2 aromatic carbocycles. The zero-order chi connectivity index (χ0) is 22.7. The molecular weight excluding hydrogens is 448 g/mol. The number of rotatable bonds is 6. The predicted octanol–water partition coefficient (Wildman–Crippen LogP) is 4.74. The Morgan fingerprint density at radius 3 is 2.48 bits per heavy atom. The summed E-state index contributed by atoms with van der Waals surface area (Å²) in [6.45, 7) is 2.80. The van der Waals surface area contributed by atoms with E-state index in [1.165, 1.54) is 36.1 Å². The van der Waals surface area contributed by atoms with E-state index in [0.29, 0.717) is 27.8 Å². The molecule has 7 nitrogen and oxygen atoms in total. The zero-order valence-electron chi connectivity index (χ0n) is 16.8. The summed E-state index contributed by atoms with van der Waals surface area (Å²) in [5.74, 6) is -1.44. The lowest BCUT2D eigenvalue weighted by atomic mass is 10.2. The van der Waals surface area contributed by atoms with Crippen molar-refractivity contribution in [2.75, 3.05) is 19.0 Å². The van der Waals surface area contributed by atoms with Gasteiger partial charge in [-0.1, -0.05) is 23.2 Å². The van der Waals surface area contributed by atoms with Crippen molar-refractivity contribution in [3.8, 4) is 11.4 Å². The van der Waals surface area contributed by atoms with Crippen molar-refractivity contribution >= 4 is 40.8 Å². The highest BCUT2D eigenvalue weighted by atomic mass is 35.5. The SMILES string of the molecule is COc1cc(Cl)c(C)cc1NC(=O)COC(=O)c1c(C)nn(-c2ccc(F)cc2)c1Cl. The van der Waals surface area contributed by atoms with Crippen LogP contribution in [0.3, 0.4) is 0 Å². The van der Waals surface area contributed by atoms with Crippen LogP contribution in [0, 0.1) is 19.7 Å². The van der Waals surface area contributed by atoms with E-state index in [9.17, 15) is 14.0 Å². The lowest BCUT2D eigenvalue weighted by Crippen LogP contribution is -2.21. The number of nitrogens with zero attached hydrogens (tertiary/aromatic N) is 2. The van der Waals surface area contributed by atoms with Gasteiger partial charge >= 0.3 is 5.97 Å². The number of hydrogen-bond acceptors (Lipinski definition) is 5. The minimum atomic E-state index is -0.815. The molecule has 0 saturated heterocycles. The molecule has 1 aromatic heterocycles. The summed E-state index contributed by atoms with van der Waals surface area (Å²) in [6.07, 6.45) is 0. The quantitative estimate of drug-likeness (QED) is 0.531. The number of halogens is 3. The number of hydrogen-bond donors (Lipinski definition) is 1. The third-order valence-corrected chi connectivity index (χ3v) is 5.12. The Balaban J connectivity index is 1.71. The van der Waals surface area contributed by atoms with E-state index in [1.807, 2.05) is 0 Å². The molecule has 3 rings (SSSR count). The Labute approximate surface area is 187 Å². The highest BCUT2D eigenvalue weighted by Gasteiger charge is 2.23. The van der Waals surface area contributed by atoms with Crippen molar-refractivity contribution in [2.24, 2.45) is 0 Å². The number of anilines is 1. The second-order valence-corrected chi connectivity index (χ2v) is 7.33. The highest BCUT2D eigenvalue weighted by Crippen LogP contribution is 2.31. The van der Waals surface area contributed by atoms with E-state index in [2.05, 4.69) is 10.4 Å². The van der Waals surface area contributed by atoms with Gasteiger partial charge in [0.25, 0.3) is 5.91 Å². The van der Waals surface area contributed by atoms with Crippen LogP contribution >= 0.6 is 23.2 Å². The van der Waals surface area contributed by atoms with Gasteiger partial charge < -0.3 is 14.8 Å². The van der Waals surface area contributed by atoms with Gasteiger partial charge in [0.15, 0.2) is 6.61 Å². The van der Waals surface area contributed by atoms with Crippen LogP contribution in [0.2, 0.25) is 10.2 Å². The van der Waals surface area contributed by atoms with E-state index >= 15 is 0 Å². The first-order chi connectivity index (χ1) is 14.7. The van der Waals surface area contributed by atoms with Gasteiger partial charge in [0.2, 0.25) is 0 Å². The molecule has 0 aliphatic rings. The number of esters is 1. The monoisotopic (exact) mass is 465 g/mol. The van der Waals surface area contributed by atoms with Crippen LogP contribution in [0.25, 0.3) is 5.69 Å².